The molecule has 1 aromatic heterocycles. The van der Waals surface area contributed by atoms with E-state index < -0.39 is 42.5 Å². The number of aromatic nitrogens is 1. The van der Waals surface area contributed by atoms with Crippen LogP contribution in [0.3, 0.4) is 0 Å². The minimum Gasteiger partial charge on any atom is -0.379 e. The summed E-state index contributed by atoms with van der Waals surface area (Å²) < 4.78 is 92.8. The highest BCUT2D eigenvalue weighted by molar-refractivity contribution is 7.89. The first kappa shape index (κ1) is 30.1. The molecule has 12 heteroatoms. The average Bonchev–Trinajstić information content (AvgIpc) is 3.20. The molecule has 4 rings (SSSR count). The Bertz CT molecular complexity index is 1390. The van der Waals surface area contributed by atoms with Gasteiger partial charge in [0.25, 0.3) is 6.43 Å². The van der Waals surface area contributed by atoms with Gasteiger partial charge in [0.2, 0.25) is 20.0 Å². The third-order valence-corrected chi connectivity index (χ3v) is 11.2. The second-order valence-electron chi connectivity index (χ2n) is 11.5. The number of alkyl halides is 2. The van der Waals surface area contributed by atoms with Crippen LogP contribution < -0.4 is 4.72 Å². The van der Waals surface area contributed by atoms with E-state index in [1.165, 1.54) is 28.9 Å². The lowest BCUT2D eigenvalue weighted by atomic mass is 9.89. The zero-order valence-electron chi connectivity index (χ0n) is 23.0. The van der Waals surface area contributed by atoms with Crippen LogP contribution in [0.1, 0.15) is 70.6 Å². The van der Waals surface area contributed by atoms with Crippen LogP contribution in [0.2, 0.25) is 0 Å². The van der Waals surface area contributed by atoms with Crippen molar-refractivity contribution in [2.75, 3.05) is 26.3 Å². The summed E-state index contributed by atoms with van der Waals surface area (Å²) in [5, 5.41) is 0. The molecule has 218 valence electrons. The summed E-state index contributed by atoms with van der Waals surface area (Å²) in [6.07, 6.45) is 2.35. The Balaban J connectivity index is 1.84. The quantitative estimate of drug-likeness (QED) is 0.465. The van der Waals surface area contributed by atoms with Crippen LogP contribution in [0.25, 0.3) is 11.3 Å². The fraction of sp³-hybridized carbons (Fsp3) is 0.630. The molecule has 39 heavy (non-hydrogen) atoms. The molecule has 1 saturated carbocycles. The van der Waals surface area contributed by atoms with E-state index in [2.05, 4.69) is 4.72 Å². The Kier molecular flexibility index (Phi) is 8.92. The number of hydrogen-bond acceptors (Lipinski definition) is 5. The summed E-state index contributed by atoms with van der Waals surface area (Å²) >= 11 is 0. The predicted molar refractivity (Wildman–Crippen MR) is 146 cm³/mol. The monoisotopic (exact) mass is 587 g/mol. The number of nitrogens with zero attached hydrogens (tertiary/aromatic N) is 2. The highest BCUT2D eigenvalue weighted by atomic mass is 32.2. The van der Waals surface area contributed by atoms with E-state index in [1.807, 2.05) is 4.57 Å². The van der Waals surface area contributed by atoms with Gasteiger partial charge in [-0.05, 0) is 70.2 Å². The summed E-state index contributed by atoms with van der Waals surface area (Å²) in [5.74, 6) is 0.341. The molecular weight excluding hydrogens is 548 g/mol. The van der Waals surface area contributed by atoms with Crippen molar-refractivity contribution < 1.29 is 30.4 Å². The Morgan fingerprint density at radius 3 is 2.23 bits per heavy atom. The van der Waals surface area contributed by atoms with Gasteiger partial charge in [-0.15, -0.1) is 0 Å². The Labute approximate surface area is 230 Å². The molecule has 1 aliphatic heterocycles. The maximum absolute atomic E-state index is 14.3. The molecule has 0 amide bonds. The summed E-state index contributed by atoms with van der Waals surface area (Å²) in [6, 6.07) is 5.41. The maximum atomic E-state index is 14.3. The molecule has 8 nitrogen and oxygen atoms in total. The standard InChI is InChI=1S/C27H39F2N3O5S2/c1-19-25(39(35,36)31-12-14-37-15-13-31)17-23(32(19)18-20-8-6-5-7-9-20)21-10-11-24(22(16-21)26(28)29)38(33,34)30-27(2,3)4/h10-11,16-17,20,26,30H,5-9,12-15,18H2,1-4H3. The van der Waals surface area contributed by atoms with Crippen molar-refractivity contribution in [3.63, 3.8) is 0 Å². The fourth-order valence-electron chi connectivity index (χ4n) is 5.49. The van der Waals surface area contributed by atoms with E-state index in [0.717, 1.165) is 25.7 Å². The van der Waals surface area contributed by atoms with Gasteiger partial charge < -0.3 is 9.30 Å². The largest absolute Gasteiger partial charge is 0.379 e. The molecule has 1 aliphatic carbocycles. The van der Waals surface area contributed by atoms with Gasteiger partial charge in [-0.25, -0.2) is 30.3 Å². The van der Waals surface area contributed by atoms with Gasteiger partial charge in [-0.3, -0.25) is 0 Å². The second-order valence-corrected chi connectivity index (χ2v) is 15.1. The number of rotatable bonds is 8. The molecular formula is C27H39F2N3O5S2. The van der Waals surface area contributed by atoms with Crippen molar-refractivity contribution in [1.82, 2.24) is 13.6 Å². The number of halogens is 2. The van der Waals surface area contributed by atoms with E-state index >= 15 is 0 Å². The first-order valence-electron chi connectivity index (χ1n) is 13.5. The summed E-state index contributed by atoms with van der Waals surface area (Å²) in [7, 11) is -8.06. The van der Waals surface area contributed by atoms with E-state index in [-0.39, 0.29) is 18.0 Å². The molecule has 0 radical (unpaired) electrons. The van der Waals surface area contributed by atoms with E-state index in [4.69, 9.17) is 4.74 Å². The first-order chi connectivity index (χ1) is 18.2. The number of benzene rings is 1. The average molecular weight is 588 g/mol. The maximum Gasteiger partial charge on any atom is 0.265 e. The smallest absolute Gasteiger partial charge is 0.265 e. The zero-order valence-corrected chi connectivity index (χ0v) is 24.7. The fourth-order valence-corrected chi connectivity index (χ4v) is 8.76. The number of ether oxygens (including phenoxy) is 1. The minimum absolute atomic E-state index is 0.139. The molecule has 1 saturated heterocycles. The number of sulfonamides is 2. The van der Waals surface area contributed by atoms with E-state index in [9.17, 15) is 25.6 Å². The van der Waals surface area contributed by atoms with Crippen molar-refractivity contribution in [2.45, 2.75) is 88.1 Å². The minimum atomic E-state index is -4.22. The topological polar surface area (TPSA) is 97.7 Å². The lowest BCUT2D eigenvalue weighted by Gasteiger charge is -2.26. The summed E-state index contributed by atoms with van der Waals surface area (Å²) in [6.45, 7) is 8.33. The Hall–Kier alpha value is -1.86. The molecule has 0 atom stereocenters. The molecule has 2 fully saturated rings. The van der Waals surface area contributed by atoms with Crippen molar-refractivity contribution in [2.24, 2.45) is 5.92 Å². The molecule has 2 aliphatic rings. The van der Waals surface area contributed by atoms with Crippen LogP contribution >= 0.6 is 0 Å². The highest BCUT2D eigenvalue weighted by Gasteiger charge is 2.33. The second kappa shape index (κ2) is 11.6. The van der Waals surface area contributed by atoms with Gasteiger partial charge in [0.05, 0.1) is 18.1 Å². The zero-order chi connectivity index (χ0) is 28.6. The van der Waals surface area contributed by atoms with Crippen LogP contribution in [0.5, 0.6) is 0 Å². The van der Waals surface area contributed by atoms with Crippen LogP contribution in [-0.2, 0) is 31.3 Å². The molecule has 1 aromatic carbocycles. The van der Waals surface area contributed by atoms with Crippen molar-refractivity contribution >= 4 is 20.0 Å². The third-order valence-electron chi connectivity index (χ3n) is 7.34. The van der Waals surface area contributed by atoms with Crippen LogP contribution in [0.15, 0.2) is 34.1 Å². The first-order valence-corrected chi connectivity index (χ1v) is 16.4. The Morgan fingerprint density at radius 1 is 1.00 bits per heavy atom. The van der Waals surface area contributed by atoms with Crippen LogP contribution in [-0.4, -0.2) is 57.6 Å². The predicted octanol–water partition coefficient (Wildman–Crippen LogP) is 5.08. The molecule has 0 spiro atoms. The van der Waals surface area contributed by atoms with Gasteiger partial charge >= 0.3 is 0 Å². The summed E-state index contributed by atoms with van der Waals surface area (Å²) in [5.41, 5.74) is -0.0932. The van der Waals surface area contributed by atoms with Gasteiger partial charge in [0, 0.05) is 42.1 Å². The highest BCUT2D eigenvalue weighted by Crippen LogP contribution is 2.37. The van der Waals surface area contributed by atoms with E-state index in [1.54, 1.807) is 33.8 Å². The van der Waals surface area contributed by atoms with Gasteiger partial charge in [-0.1, -0.05) is 25.3 Å². The number of hydrogen-bond donors (Lipinski definition) is 1. The molecule has 0 unspecified atom stereocenters. The molecule has 2 heterocycles. The van der Waals surface area contributed by atoms with Crippen molar-refractivity contribution in [3.8, 4) is 11.3 Å². The Morgan fingerprint density at radius 2 is 1.64 bits per heavy atom. The third kappa shape index (κ3) is 6.73. The van der Waals surface area contributed by atoms with Crippen LogP contribution in [0.4, 0.5) is 8.78 Å². The van der Waals surface area contributed by atoms with Crippen molar-refractivity contribution in [3.05, 3.63) is 35.5 Å². The van der Waals surface area contributed by atoms with Crippen molar-refractivity contribution in [1.29, 1.82) is 0 Å². The molecule has 1 N–H and O–H groups in total. The SMILES string of the molecule is Cc1c(S(=O)(=O)N2CCOCC2)cc(-c2ccc(S(=O)(=O)NC(C)(C)C)c(C(F)F)c2)n1CC1CCCCC1. The van der Waals surface area contributed by atoms with Gasteiger partial charge in [0.15, 0.2) is 0 Å². The van der Waals surface area contributed by atoms with Crippen LogP contribution in [0, 0.1) is 12.8 Å². The lowest BCUT2D eigenvalue weighted by molar-refractivity contribution is 0.0730. The number of morpholine rings is 1. The van der Waals surface area contributed by atoms with Gasteiger partial charge in [-0.2, -0.15) is 4.31 Å². The molecule has 0 bridgehead atoms. The van der Waals surface area contributed by atoms with E-state index in [0.29, 0.717) is 42.6 Å². The molecule has 2 aromatic rings. The van der Waals surface area contributed by atoms with Gasteiger partial charge in [0.1, 0.15) is 4.90 Å². The lowest BCUT2D eigenvalue weighted by Crippen LogP contribution is -2.40. The normalized spacial score (nSPS) is 18.6. The number of nitrogens with one attached hydrogen (secondary N) is 1. The summed E-state index contributed by atoms with van der Waals surface area (Å²) in [4.78, 5) is -0.348.